The standard InChI is InChI=1S/C26H27N5O3/c1-30-16-19(14-27-30)24(28-20-8-5-17(6-9-20)15-31-11-3-4-12-31)23-21-13-18(26(33)34-2)7-10-22(21)29-25(23)32/h5-10,13-14,16,29,32H,3-4,11-12,15H2,1-2H3. The van der Waals surface area contributed by atoms with Crippen LogP contribution in [0.1, 0.15) is 39.9 Å². The number of aliphatic imine (C=N–C) groups is 1. The van der Waals surface area contributed by atoms with Crippen LogP contribution in [0.4, 0.5) is 5.69 Å². The molecule has 0 bridgehead atoms. The molecule has 8 heteroatoms. The highest BCUT2D eigenvalue weighted by Gasteiger charge is 2.21. The van der Waals surface area contributed by atoms with E-state index in [1.165, 1.54) is 25.5 Å². The van der Waals surface area contributed by atoms with Crippen LogP contribution < -0.4 is 0 Å². The van der Waals surface area contributed by atoms with Gasteiger partial charge >= 0.3 is 5.97 Å². The monoisotopic (exact) mass is 457 g/mol. The fraction of sp³-hybridized carbons (Fsp3) is 0.269. The highest BCUT2D eigenvalue weighted by Crippen LogP contribution is 2.32. The number of benzene rings is 2. The molecule has 1 fully saturated rings. The predicted octanol–water partition coefficient (Wildman–Crippen LogP) is 4.16. The Morgan fingerprint density at radius 1 is 1.15 bits per heavy atom. The first kappa shape index (κ1) is 21.9. The summed E-state index contributed by atoms with van der Waals surface area (Å²) in [4.78, 5) is 22.5. The number of rotatable bonds is 6. The van der Waals surface area contributed by atoms with Crippen molar-refractivity contribution >= 4 is 28.3 Å². The zero-order valence-corrected chi connectivity index (χ0v) is 19.3. The first-order chi connectivity index (χ1) is 16.5. The molecule has 2 aromatic heterocycles. The number of methoxy groups -OCH3 is 1. The van der Waals surface area contributed by atoms with E-state index < -0.39 is 5.97 Å². The average molecular weight is 458 g/mol. The van der Waals surface area contributed by atoms with Gasteiger partial charge in [0, 0.05) is 36.3 Å². The average Bonchev–Trinajstić information content (AvgIpc) is 3.58. The molecule has 2 N–H and O–H groups in total. The highest BCUT2D eigenvalue weighted by molar-refractivity contribution is 6.22. The van der Waals surface area contributed by atoms with Crippen molar-refractivity contribution in [2.24, 2.45) is 12.0 Å². The fourth-order valence-corrected chi connectivity index (χ4v) is 4.47. The van der Waals surface area contributed by atoms with Gasteiger partial charge < -0.3 is 14.8 Å². The minimum Gasteiger partial charge on any atom is -0.494 e. The summed E-state index contributed by atoms with van der Waals surface area (Å²) in [5.41, 5.74) is 4.93. The zero-order chi connectivity index (χ0) is 23.7. The number of esters is 1. The van der Waals surface area contributed by atoms with Crippen molar-refractivity contribution in [3.63, 3.8) is 0 Å². The van der Waals surface area contributed by atoms with Crippen molar-refractivity contribution in [1.82, 2.24) is 19.7 Å². The summed E-state index contributed by atoms with van der Waals surface area (Å²) < 4.78 is 6.57. The molecule has 1 aliphatic heterocycles. The Hall–Kier alpha value is -3.91. The lowest BCUT2D eigenvalue weighted by molar-refractivity contribution is 0.0601. The maximum atomic E-state index is 12.1. The van der Waals surface area contributed by atoms with Gasteiger partial charge in [-0.2, -0.15) is 5.10 Å². The third kappa shape index (κ3) is 4.32. The predicted molar refractivity (Wildman–Crippen MR) is 131 cm³/mol. The number of hydrogen-bond donors (Lipinski definition) is 2. The summed E-state index contributed by atoms with van der Waals surface area (Å²) >= 11 is 0. The van der Waals surface area contributed by atoms with Gasteiger partial charge in [0.25, 0.3) is 0 Å². The molecule has 34 heavy (non-hydrogen) atoms. The highest BCUT2D eigenvalue weighted by atomic mass is 16.5. The first-order valence-electron chi connectivity index (χ1n) is 11.3. The van der Waals surface area contributed by atoms with E-state index in [-0.39, 0.29) is 5.88 Å². The third-order valence-electron chi connectivity index (χ3n) is 6.20. The van der Waals surface area contributed by atoms with Crippen molar-refractivity contribution < 1.29 is 14.6 Å². The Morgan fingerprint density at radius 2 is 1.91 bits per heavy atom. The van der Waals surface area contributed by atoms with Gasteiger partial charge in [-0.3, -0.25) is 9.58 Å². The van der Waals surface area contributed by atoms with Crippen LogP contribution in [0.15, 0.2) is 59.9 Å². The molecule has 4 aromatic rings. The second-order valence-electron chi connectivity index (χ2n) is 8.61. The number of carbonyl (C=O) groups is 1. The quantitative estimate of drug-likeness (QED) is 0.335. The summed E-state index contributed by atoms with van der Waals surface area (Å²) in [6.45, 7) is 3.25. The fourth-order valence-electron chi connectivity index (χ4n) is 4.47. The van der Waals surface area contributed by atoms with Gasteiger partial charge in [-0.1, -0.05) is 12.1 Å². The van der Waals surface area contributed by atoms with Gasteiger partial charge in [-0.15, -0.1) is 0 Å². The van der Waals surface area contributed by atoms with E-state index in [4.69, 9.17) is 9.73 Å². The number of ether oxygens (including phenoxy) is 1. The second-order valence-corrected chi connectivity index (χ2v) is 8.61. The number of aryl methyl sites for hydroxylation is 1. The van der Waals surface area contributed by atoms with Gasteiger partial charge in [0.05, 0.1) is 35.8 Å². The van der Waals surface area contributed by atoms with E-state index >= 15 is 0 Å². The van der Waals surface area contributed by atoms with Gasteiger partial charge in [0.2, 0.25) is 0 Å². The maximum Gasteiger partial charge on any atom is 0.337 e. The number of likely N-dealkylation sites (tertiary alicyclic amines) is 1. The van der Waals surface area contributed by atoms with Gasteiger partial charge in [0.1, 0.15) is 0 Å². The summed E-state index contributed by atoms with van der Waals surface area (Å²) in [6.07, 6.45) is 6.09. The molecule has 5 rings (SSSR count). The molecule has 1 saturated heterocycles. The summed E-state index contributed by atoms with van der Waals surface area (Å²) in [6, 6.07) is 13.3. The second kappa shape index (κ2) is 9.15. The van der Waals surface area contributed by atoms with Crippen molar-refractivity contribution in [2.45, 2.75) is 19.4 Å². The maximum absolute atomic E-state index is 12.1. The van der Waals surface area contributed by atoms with E-state index in [1.54, 1.807) is 29.1 Å². The lowest BCUT2D eigenvalue weighted by Crippen LogP contribution is -2.18. The van der Waals surface area contributed by atoms with Gasteiger partial charge in [-0.25, -0.2) is 9.79 Å². The molecular formula is C26H27N5O3. The van der Waals surface area contributed by atoms with E-state index in [0.717, 1.165) is 30.9 Å². The van der Waals surface area contributed by atoms with E-state index in [2.05, 4.69) is 27.1 Å². The number of aromatic hydroxyl groups is 1. The summed E-state index contributed by atoms with van der Waals surface area (Å²) in [5.74, 6) is -0.465. The molecule has 0 aliphatic carbocycles. The first-order valence-corrected chi connectivity index (χ1v) is 11.3. The van der Waals surface area contributed by atoms with Crippen LogP contribution in [-0.2, 0) is 18.3 Å². The lowest BCUT2D eigenvalue weighted by Gasteiger charge is -2.14. The molecule has 0 spiro atoms. The van der Waals surface area contributed by atoms with Gasteiger partial charge in [0.15, 0.2) is 5.88 Å². The third-order valence-corrected chi connectivity index (χ3v) is 6.20. The van der Waals surface area contributed by atoms with Crippen LogP contribution in [-0.4, -0.2) is 56.7 Å². The Kier molecular flexibility index (Phi) is 5.90. The number of nitrogens with zero attached hydrogens (tertiary/aromatic N) is 4. The molecule has 8 nitrogen and oxygen atoms in total. The van der Waals surface area contributed by atoms with Crippen LogP contribution in [0.25, 0.3) is 10.9 Å². The van der Waals surface area contributed by atoms with Crippen LogP contribution in [0.5, 0.6) is 5.88 Å². The zero-order valence-electron chi connectivity index (χ0n) is 19.3. The molecule has 0 atom stereocenters. The van der Waals surface area contributed by atoms with Crippen LogP contribution in [0.3, 0.4) is 0 Å². The lowest BCUT2D eigenvalue weighted by atomic mass is 10.0. The molecular weight excluding hydrogens is 430 g/mol. The Bertz CT molecular complexity index is 1360. The molecule has 3 heterocycles. The van der Waals surface area contributed by atoms with Gasteiger partial charge in [-0.05, 0) is 61.8 Å². The number of aromatic nitrogens is 3. The number of fused-ring (bicyclic) bond motifs is 1. The van der Waals surface area contributed by atoms with Crippen molar-refractivity contribution in [1.29, 1.82) is 0 Å². The molecule has 0 amide bonds. The Morgan fingerprint density at radius 3 is 2.59 bits per heavy atom. The van der Waals surface area contributed by atoms with Crippen molar-refractivity contribution in [2.75, 3.05) is 20.2 Å². The van der Waals surface area contributed by atoms with E-state index in [1.807, 2.05) is 25.4 Å². The number of aromatic amines is 1. The normalized spacial score (nSPS) is 14.7. The Balaban J connectivity index is 1.58. The molecule has 174 valence electrons. The molecule has 0 saturated carbocycles. The van der Waals surface area contributed by atoms with E-state index in [0.29, 0.717) is 27.7 Å². The smallest absolute Gasteiger partial charge is 0.337 e. The summed E-state index contributed by atoms with van der Waals surface area (Å²) in [7, 11) is 3.18. The number of carbonyl (C=O) groups excluding carboxylic acids is 1. The number of nitrogens with one attached hydrogen (secondary N) is 1. The molecule has 1 aliphatic rings. The van der Waals surface area contributed by atoms with Crippen LogP contribution >= 0.6 is 0 Å². The Labute approximate surface area is 197 Å². The van der Waals surface area contributed by atoms with E-state index in [9.17, 15) is 9.90 Å². The number of H-pyrrole nitrogens is 1. The van der Waals surface area contributed by atoms with Crippen molar-refractivity contribution in [3.8, 4) is 5.88 Å². The van der Waals surface area contributed by atoms with Crippen LogP contribution in [0.2, 0.25) is 0 Å². The summed E-state index contributed by atoms with van der Waals surface area (Å²) in [5, 5.41) is 15.8. The van der Waals surface area contributed by atoms with Crippen molar-refractivity contribution in [3.05, 3.63) is 77.1 Å². The molecule has 0 radical (unpaired) electrons. The van der Waals surface area contributed by atoms with Crippen LogP contribution in [0, 0.1) is 0 Å². The minimum atomic E-state index is -0.443. The molecule has 2 aromatic carbocycles. The SMILES string of the molecule is COC(=O)c1ccc2[nH]c(O)c(C(=Nc3ccc(CN4CCCC4)cc3)c3cnn(C)c3)c2c1. The minimum absolute atomic E-state index is 0.0229. The molecule has 0 unspecified atom stereocenters. The number of hydrogen-bond acceptors (Lipinski definition) is 6. The largest absolute Gasteiger partial charge is 0.494 e. The topological polar surface area (TPSA) is 95.7 Å².